The number of amides is 1. The molecule has 0 radical (unpaired) electrons. The van der Waals surface area contributed by atoms with Crippen LogP contribution in [0.1, 0.15) is 27.5 Å². The number of nitrogens with zero attached hydrogens (tertiary/aromatic N) is 3. The van der Waals surface area contributed by atoms with Gasteiger partial charge in [-0.2, -0.15) is 0 Å². The van der Waals surface area contributed by atoms with Gasteiger partial charge in [0.2, 0.25) is 0 Å². The van der Waals surface area contributed by atoms with Crippen LogP contribution in [0.4, 0.5) is 5.13 Å². The van der Waals surface area contributed by atoms with E-state index in [2.05, 4.69) is 20.4 Å². The Morgan fingerprint density at radius 3 is 2.68 bits per heavy atom. The van der Waals surface area contributed by atoms with E-state index in [9.17, 15) is 4.79 Å². The van der Waals surface area contributed by atoms with Crippen LogP contribution in [-0.2, 0) is 0 Å². The van der Waals surface area contributed by atoms with Crippen molar-refractivity contribution in [3.63, 3.8) is 0 Å². The van der Waals surface area contributed by atoms with Gasteiger partial charge in [0.25, 0.3) is 5.91 Å². The largest absolute Gasteiger partial charge is 0.361 e. The zero-order valence-corrected chi connectivity index (χ0v) is 13.2. The Morgan fingerprint density at radius 2 is 2.05 bits per heavy atom. The highest BCUT2D eigenvalue weighted by Crippen LogP contribution is 2.31. The van der Waals surface area contributed by atoms with E-state index in [4.69, 9.17) is 4.52 Å². The summed E-state index contributed by atoms with van der Waals surface area (Å²) in [6.07, 6.45) is 1.73. The molecule has 7 heteroatoms. The number of carbonyl (C=O) groups excluding carboxylic acids is 1. The van der Waals surface area contributed by atoms with Gasteiger partial charge < -0.3 is 4.52 Å². The highest BCUT2D eigenvalue weighted by Gasteiger charge is 2.19. The molecule has 3 heterocycles. The highest BCUT2D eigenvalue weighted by molar-refractivity contribution is 7.19. The second kappa shape index (κ2) is 5.69. The van der Waals surface area contributed by atoms with Gasteiger partial charge in [0, 0.05) is 6.20 Å². The number of thiazole rings is 1. The number of carbonyl (C=O) groups is 1. The number of pyridine rings is 1. The van der Waals surface area contributed by atoms with Gasteiger partial charge in [-0.3, -0.25) is 15.1 Å². The SMILES string of the molecule is Cc1nc(NC(=O)c2c(C)noc2C)sc1-c1ccccn1. The van der Waals surface area contributed by atoms with Gasteiger partial charge in [-0.15, -0.1) is 0 Å². The van der Waals surface area contributed by atoms with E-state index in [1.54, 1.807) is 20.0 Å². The van der Waals surface area contributed by atoms with Crippen LogP contribution in [0.25, 0.3) is 10.6 Å². The van der Waals surface area contributed by atoms with Crippen LogP contribution in [0.5, 0.6) is 0 Å². The van der Waals surface area contributed by atoms with Crippen LogP contribution in [0.15, 0.2) is 28.9 Å². The van der Waals surface area contributed by atoms with Gasteiger partial charge in [0.05, 0.1) is 22.0 Å². The minimum absolute atomic E-state index is 0.266. The number of aryl methyl sites for hydroxylation is 3. The predicted molar refractivity (Wildman–Crippen MR) is 84.0 cm³/mol. The molecule has 0 fully saturated rings. The van der Waals surface area contributed by atoms with Crippen molar-refractivity contribution in [1.82, 2.24) is 15.1 Å². The predicted octanol–water partition coefficient (Wildman–Crippen LogP) is 3.37. The van der Waals surface area contributed by atoms with Crippen molar-refractivity contribution in [3.05, 3.63) is 47.1 Å². The first-order valence-electron chi connectivity index (χ1n) is 6.69. The second-order valence-electron chi connectivity index (χ2n) is 4.80. The Balaban J connectivity index is 1.87. The number of nitrogens with one attached hydrogen (secondary N) is 1. The minimum Gasteiger partial charge on any atom is -0.361 e. The van der Waals surface area contributed by atoms with Crippen LogP contribution in [0.3, 0.4) is 0 Å². The lowest BCUT2D eigenvalue weighted by Crippen LogP contribution is -2.13. The topological polar surface area (TPSA) is 80.9 Å². The zero-order chi connectivity index (χ0) is 15.7. The molecule has 3 aromatic heterocycles. The average molecular weight is 314 g/mol. The molecule has 0 bridgehead atoms. The third-order valence-electron chi connectivity index (χ3n) is 3.18. The third-order valence-corrected chi connectivity index (χ3v) is 4.27. The highest BCUT2D eigenvalue weighted by atomic mass is 32.1. The standard InChI is InChI=1S/C15H14N4O2S/c1-8-12(10(3)21-19-8)14(20)18-15-17-9(2)13(22-15)11-6-4-5-7-16-11/h4-7H,1-3H3,(H,17,18,20). The molecule has 3 aromatic rings. The van der Waals surface area contributed by atoms with Crippen molar-refractivity contribution in [2.45, 2.75) is 20.8 Å². The summed E-state index contributed by atoms with van der Waals surface area (Å²) in [6, 6.07) is 5.70. The summed E-state index contributed by atoms with van der Waals surface area (Å²) < 4.78 is 5.01. The molecule has 6 nitrogen and oxygen atoms in total. The Kier molecular flexibility index (Phi) is 3.72. The van der Waals surface area contributed by atoms with Crippen molar-refractivity contribution in [3.8, 4) is 10.6 Å². The first kappa shape index (κ1) is 14.4. The molecule has 3 rings (SSSR count). The quantitative estimate of drug-likeness (QED) is 0.801. The van der Waals surface area contributed by atoms with E-state index in [-0.39, 0.29) is 5.91 Å². The summed E-state index contributed by atoms with van der Waals surface area (Å²) in [4.78, 5) is 22.0. The van der Waals surface area contributed by atoms with E-state index in [0.717, 1.165) is 16.3 Å². The first-order valence-corrected chi connectivity index (χ1v) is 7.51. The van der Waals surface area contributed by atoms with Crippen LogP contribution in [0, 0.1) is 20.8 Å². The molecule has 22 heavy (non-hydrogen) atoms. The Morgan fingerprint density at radius 1 is 1.23 bits per heavy atom. The molecule has 0 aromatic carbocycles. The lowest BCUT2D eigenvalue weighted by atomic mass is 10.2. The Hall–Kier alpha value is -2.54. The second-order valence-corrected chi connectivity index (χ2v) is 5.80. The van der Waals surface area contributed by atoms with Crippen molar-refractivity contribution in [2.75, 3.05) is 5.32 Å². The Bertz CT molecular complexity index is 804. The third kappa shape index (κ3) is 2.62. The normalized spacial score (nSPS) is 10.7. The first-order chi connectivity index (χ1) is 10.6. The van der Waals surface area contributed by atoms with Gasteiger partial charge in [-0.25, -0.2) is 4.98 Å². The molecule has 1 amide bonds. The fourth-order valence-corrected chi connectivity index (χ4v) is 3.09. The fraction of sp³-hybridized carbons (Fsp3) is 0.200. The van der Waals surface area contributed by atoms with Crippen LogP contribution in [0.2, 0.25) is 0 Å². The molecule has 0 aliphatic heterocycles. The van der Waals surface area contributed by atoms with Crippen molar-refractivity contribution in [2.24, 2.45) is 0 Å². The molecule has 0 aliphatic carbocycles. The van der Waals surface area contributed by atoms with Gasteiger partial charge in [0.15, 0.2) is 5.13 Å². The van der Waals surface area contributed by atoms with Crippen LogP contribution < -0.4 is 5.32 Å². The summed E-state index contributed by atoms with van der Waals surface area (Å²) >= 11 is 1.39. The maximum absolute atomic E-state index is 12.3. The molecule has 0 saturated heterocycles. The molecule has 0 spiro atoms. The summed E-state index contributed by atoms with van der Waals surface area (Å²) in [5, 5.41) is 7.11. The number of rotatable bonds is 3. The van der Waals surface area contributed by atoms with Crippen LogP contribution >= 0.6 is 11.3 Å². The smallest absolute Gasteiger partial charge is 0.262 e. The van der Waals surface area contributed by atoms with Crippen LogP contribution in [-0.4, -0.2) is 21.0 Å². The van der Waals surface area contributed by atoms with Crippen molar-refractivity contribution < 1.29 is 9.32 Å². The summed E-state index contributed by atoms with van der Waals surface area (Å²) in [5.74, 6) is 0.228. The van der Waals surface area contributed by atoms with E-state index in [1.807, 2.05) is 25.1 Å². The number of aromatic nitrogens is 3. The summed E-state index contributed by atoms with van der Waals surface area (Å²) in [6.45, 7) is 5.34. The molecule has 0 aliphatic rings. The molecule has 0 atom stereocenters. The molecule has 1 N–H and O–H groups in total. The molecule has 112 valence electrons. The van der Waals surface area contributed by atoms with Gasteiger partial charge in [-0.05, 0) is 32.9 Å². The van der Waals surface area contributed by atoms with Gasteiger partial charge >= 0.3 is 0 Å². The molecular weight excluding hydrogens is 300 g/mol. The maximum atomic E-state index is 12.3. The average Bonchev–Trinajstić information content (AvgIpc) is 3.02. The number of hydrogen-bond acceptors (Lipinski definition) is 6. The zero-order valence-electron chi connectivity index (χ0n) is 12.4. The minimum atomic E-state index is -0.266. The van der Waals surface area contributed by atoms with E-state index >= 15 is 0 Å². The van der Waals surface area contributed by atoms with E-state index < -0.39 is 0 Å². The maximum Gasteiger partial charge on any atom is 0.262 e. The van der Waals surface area contributed by atoms with Gasteiger partial charge in [0.1, 0.15) is 11.3 Å². The fourth-order valence-electron chi connectivity index (χ4n) is 2.15. The number of anilines is 1. The molecule has 0 unspecified atom stereocenters. The van der Waals surface area contributed by atoms with E-state index in [0.29, 0.717) is 22.1 Å². The Labute approximate surface area is 131 Å². The summed E-state index contributed by atoms with van der Waals surface area (Å²) in [5.41, 5.74) is 2.69. The van der Waals surface area contributed by atoms with Crippen molar-refractivity contribution >= 4 is 22.4 Å². The number of hydrogen-bond donors (Lipinski definition) is 1. The van der Waals surface area contributed by atoms with Crippen molar-refractivity contribution in [1.29, 1.82) is 0 Å². The molecular formula is C15H14N4O2S. The lowest BCUT2D eigenvalue weighted by molar-refractivity contribution is 0.102. The van der Waals surface area contributed by atoms with Gasteiger partial charge in [-0.1, -0.05) is 22.6 Å². The monoisotopic (exact) mass is 314 g/mol. The molecule has 0 saturated carbocycles. The summed E-state index contributed by atoms with van der Waals surface area (Å²) in [7, 11) is 0. The van der Waals surface area contributed by atoms with E-state index in [1.165, 1.54) is 11.3 Å². The lowest BCUT2D eigenvalue weighted by Gasteiger charge is -1.99.